The van der Waals surface area contributed by atoms with Crippen molar-refractivity contribution in [1.82, 2.24) is 19.7 Å². The third kappa shape index (κ3) is 2.71. The molecule has 0 aliphatic rings. The number of carboxylic acids is 1. The highest BCUT2D eigenvalue weighted by Crippen LogP contribution is 2.29. The van der Waals surface area contributed by atoms with Crippen molar-refractivity contribution >= 4 is 28.8 Å². The van der Waals surface area contributed by atoms with Gasteiger partial charge in [-0.3, -0.25) is 0 Å². The highest BCUT2D eigenvalue weighted by atomic mass is 32.2. The lowest BCUT2D eigenvalue weighted by atomic mass is 10.2. The van der Waals surface area contributed by atoms with Crippen LogP contribution in [0.15, 0.2) is 29.4 Å². The van der Waals surface area contributed by atoms with Gasteiger partial charge in [-0.15, -0.1) is 11.8 Å². The predicted octanol–water partition coefficient (Wildman–Crippen LogP) is 3.26. The van der Waals surface area contributed by atoms with Crippen molar-refractivity contribution in [3.63, 3.8) is 0 Å². The number of carboxylic acid groups (broad SMARTS) is 1. The number of carbonyl (C=O) groups is 1. The number of hydrogen-bond donors (Lipinski definition) is 2. The lowest BCUT2D eigenvalue weighted by molar-refractivity contribution is 0.0697. The van der Waals surface area contributed by atoms with Gasteiger partial charge in [0.25, 0.3) is 0 Å². The molecule has 0 atom stereocenters. The average Bonchev–Trinajstić information content (AvgIpc) is 3.04. The summed E-state index contributed by atoms with van der Waals surface area (Å²) < 4.78 is 1.44. The predicted molar refractivity (Wildman–Crippen MR) is 85.9 cm³/mol. The van der Waals surface area contributed by atoms with Crippen molar-refractivity contribution in [2.75, 3.05) is 0 Å². The van der Waals surface area contributed by atoms with E-state index in [1.807, 2.05) is 0 Å². The fraction of sp³-hybridized carbons (Fsp3) is 0.267. The Morgan fingerprint density at radius 1 is 1.41 bits per heavy atom. The van der Waals surface area contributed by atoms with Crippen LogP contribution in [0.3, 0.4) is 0 Å². The van der Waals surface area contributed by atoms with Gasteiger partial charge in [-0.25, -0.2) is 14.5 Å². The average molecular weight is 316 g/mol. The molecule has 2 aromatic heterocycles. The Morgan fingerprint density at radius 3 is 2.82 bits per heavy atom. The van der Waals surface area contributed by atoms with E-state index >= 15 is 0 Å². The monoisotopic (exact) mass is 316 g/mol. The fourth-order valence-electron chi connectivity index (χ4n) is 2.17. The maximum Gasteiger partial charge on any atom is 0.338 e. The number of aryl methyl sites for hydroxylation is 1. The van der Waals surface area contributed by atoms with Gasteiger partial charge in [0.1, 0.15) is 0 Å². The Morgan fingerprint density at radius 2 is 2.18 bits per heavy atom. The maximum absolute atomic E-state index is 10.9. The number of thioether (sulfide) groups is 1. The van der Waals surface area contributed by atoms with E-state index in [0.717, 1.165) is 11.0 Å². The molecule has 0 aliphatic heterocycles. The number of aromatic nitrogens is 4. The second kappa shape index (κ2) is 5.49. The molecule has 0 amide bonds. The molecule has 0 unspecified atom stereocenters. The molecule has 0 aliphatic carbocycles. The molecule has 0 saturated heterocycles. The Bertz CT molecular complexity index is 850. The first kappa shape index (κ1) is 14.6. The van der Waals surface area contributed by atoms with Gasteiger partial charge in [-0.2, -0.15) is 5.10 Å². The summed E-state index contributed by atoms with van der Waals surface area (Å²) in [7, 11) is 0. The molecule has 2 heterocycles. The van der Waals surface area contributed by atoms with Crippen LogP contribution in [0.1, 0.15) is 29.8 Å². The first-order chi connectivity index (χ1) is 10.4. The van der Waals surface area contributed by atoms with E-state index in [9.17, 15) is 4.79 Å². The molecule has 0 fully saturated rings. The SMILES string of the molecule is Cc1cc2[nH]c(-n3cc(C(=O)O)cn3)nc2cc1SC(C)C. The number of nitrogens with one attached hydrogen (secondary N) is 1. The molecule has 0 radical (unpaired) electrons. The number of H-pyrrole nitrogens is 1. The zero-order valence-corrected chi connectivity index (χ0v) is 13.3. The van der Waals surface area contributed by atoms with Crippen LogP contribution in [0.4, 0.5) is 0 Å². The molecule has 22 heavy (non-hydrogen) atoms. The molecular formula is C15H16N4O2S. The normalized spacial score (nSPS) is 11.5. The van der Waals surface area contributed by atoms with E-state index in [2.05, 4.69) is 48.0 Å². The summed E-state index contributed by atoms with van der Waals surface area (Å²) in [4.78, 5) is 19.8. The first-order valence-electron chi connectivity index (χ1n) is 6.89. The van der Waals surface area contributed by atoms with E-state index < -0.39 is 5.97 Å². The highest BCUT2D eigenvalue weighted by Gasteiger charge is 2.12. The van der Waals surface area contributed by atoms with E-state index in [-0.39, 0.29) is 5.56 Å². The third-order valence-electron chi connectivity index (χ3n) is 3.18. The van der Waals surface area contributed by atoms with E-state index in [4.69, 9.17) is 5.11 Å². The molecule has 3 rings (SSSR count). The number of rotatable bonds is 4. The van der Waals surface area contributed by atoms with Crippen LogP contribution >= 0.6 is 11.8 Å². The van der Waals surface area contributed by atoms with Gasteiger partial charge in [0, 0.05) is 16.3 Å². The highest BCUT2D eigenvalue weighted by molar-refractivity contribution is 8.00. The van der Waals surface area contributed by atoms with Crippen molar-refractivity contribution in [2.45, 2.75) is 30.9 Å². The van der Waals surface area contributed by atoms with Gasteiger partial charge >= 0.3 is 5.97 Å². The zero-order chi connectivity index (χ0) is 15.9. The number of benzene rings is 1. The number of hydrogen-bond acceptors (Lipinski definition) is 4. The summed E-state index contributed by atoms with van der Waals surface area (Å²) in [5, 5.41) is 13.5. The van der Waals surface area contributed by atoms with Crippen LogP contribution in [0, 0.1) is 6.92 Å². The molecular weight excluding hydrogens is 300 g/mol. The maximum atomic E-state index is 10.9. The number of nitrogens with zero attached hydrogens (tertiary/aromatic N) is 3. The second-order valence-corrected chi connectivity index (χ2v) is 6.96. The summed E-state index contributed by atoms with van der Waals surface area (Å²) in [5.74, 6) is -0.498. The minimum atomic E-state index is -1.01. The smallest absolute Gasteiger partial charge is 0.338 e. The van der Waals surface area contributed by atoms with Gasteiger partial charge < -0.3 is 10.1 Å². The van der Waals surface area contributed by atoms with Crippen LogP contribution < -0.4 is 0 Å². The second-order valence-electron chi connectivity index (χ2n) is 5.34. The minimum Gasteiger partial charge on any atom is -0.478 e. The van der Waals surface area contributed by atoms with Crippen molar-refractivity contribution in [1.29, 1.82) is 0 Å². The molecule has 0 spiro atoms. The Hall–Kier alpha value is -2.28. The number of aromatic amines is 1. The van der Waals surface area contributed by atoms with E-state index in [0.29, 0.717) is 11.2 Å². The molecule has 3 aromatic rings. The summed E-state index contributed by atoms with van der Waals surface area (Å²) in [5.41, 5.74) is 3.07. The van der Waals surface area contributed by atoms with E-state index in [1.54, 1.807) is 11.8 Å². The van der Waals surface area contributed by atoms with Crippen molar-refractivity contribution in [3.8, 4) is 5.95 Å². The molecule has 114 valence electrons. The van der Waals surface area contributed by atoms with Crippen LogP contribution in [0.25, 0.3) is 17.0 Å². The van der Waals surface area contributed by atoms with E-state index in [1.165, 1.54) is 27.5 Å². The van der Waals surface area contributed by atoms with Gasteiger partial charge in [-0.1, -0.05) is 13.8 Å². The van der Waals surface area contributed by atoms with Crippen molar-refractivity contribution in [3.05, 3.63) is 35.7 Å². The molecule has 1 aromatic carbocycles. The minimum absolute atomic E-state index is 0.132. The number of imidazole rings is 1. The third-order valence-corrected chi connectivity index (χ3v) is 4.34. The number of fused-ring (bicyclic) bond motifs is 1. The summed E-state index contributed by atoms with van der Waals surface area (Å²) >= 11 is 1.80. The van der Waals surface area contributed by atoms with Crippen LogP contribution in [-0.2, 0) is 0 Å². The Balaban J connectivity index is 2.03. The largest absolute Gasteiger partial charge is 0.478 e. The first-order valence-corrected chi connectivity index (χ1v) is 7.77. The van der Waals surface area contributed by atoms with Crippen LogP contribution in [-0.4, -0.2) is 36.1 Å². The molecule has 0 saturated carbocycles. The Kier molecular flexibility index (Phi) is 3.66. The van der Waals surface area contributed by atoms with Gasteiger partial charge in [0.05, 0.1) is 22.8 Å². The molecule has 6 nitrogen and oxygen atoms in total. The summed E-state index contributed by atoms with van der Waals surface area (Å²) in [6.45, 7) is 6.38. The van der Waals surface area contributed by atoms with Crippen LogP contribution in [0.2, 0.25) is 0 Å². The molecule has 7 heteroatoms. The lowest BCUT2D eigenvalue weighted by Gasteiger charge is -2.07. The van der Waals surface area contributed by atoms with Gasteiger partial charge in [-0.05, 0) is 24.6 Å². The lowest BCUT2D eigenvalue weighted by Crippen LogP contribution is -1.97. The van der Waals surface area contributed by atoms with Crippen molar-refractivity contribution in [2.24, 2.45) is 0 Å². The summed E-state index contributed by atoms with van der Waals surface area (Å²) in [6.07, 6.45) is 2.75. The fourth-order valence-corrected chi connectivity index (χ4v) is 3.10. The standard InChI is InChI=1S/C15H16N4O2S/c1-8(2)22-13-5-12-11(4-9(13)3)17-15(18-12)19-7-10(6-16-19)14(20)21/h4-8H,1-3H3,(H,17,18)(H,20,21). The zero-order valence-electron chi connectivity index (χ0n) is 12.5. The molecule has 2 N–H and O–H groups in total. The Labute approximate surface area is 131 Å². The number of aromatic carboxylic acids is 1. The van der Waals surface area contributed by atoms with Crippen molar-refractivity contribution < 1.29 is 9.90 Å². The summed E-state index contributed by atoms with van der Waals surface area (Å²) in [6, 6.07) is 4.11. The van der Waals surface area contributed by atoms with Crippen LogP contribution in [0.5, 0.6) is 0 Å². The molecule has 0 bridgehead atoms. The quantitative estimate of drug-likeness (QED) is 0.722. The van der Waals surface area contributed by atoms with Gasteiger partial charge in [0.15, 0.2) is 0 Å². The topological polar surface area (TPSA) is 83.8 Å². The van der Waals surface area contributed by atoms with Gasteiger partial charge in [0.2, 0.25) is 5.95 Å².